The van der Waals surface area contributed by atoms with Crippen LogP contribution < -0.4 is 16.2 Å². The Labute approximate surface area is 122 Å². The molecule has 0 aliphatic rings. The molecule has 0 unspecified atom stereocenters. The molecule has 0 radical (unpaired) electrons. The van der Waals surface area contributed by atoms with E-state index in [1.807, 2.05) is 13.0 Å². The van der Waals surface area contributed by atoms with E-state index in [0.717, 1.165) is 5.69 Å². The third kappa shape index (κ3) is 2.99. The van der Waals surface area contributed by atoms with Gasteiger partial charge in [0.1, 0.15) is 0 Å². The average molecular weight is 281 g/mol. The number of carbonyl (C=O) groups is 1. The van der Waals surface area contributed by atoms with Gasteiger partial charge in [0.25, 0.3) is 5.91 Å². The van der Waals surface area contributed by atoms with E-state index in [4.69, 9.17) is 11.1 Å². The van der Waals surface area contributed by atoms with Gasteiger partial charge < -0.3 is 10.3 Å². The molecule has 2 rings (SSSR count). The molecule has 0 spiro atoms. The van der Waals surface area contributed by atoms with E-state index in [-0.39, 0.29) is 5.91 Å². The lowest BCUT2D eigenvalue weighted by molar-refractivity contribution is 0.0993. The zero-order valence-electron chi connectivity index (χ0n) is 11.8. The molecule has 1 amide bonds. The van der Waals surface area contributed by atoms with Crippen molar-refractivity contribution in [3.05, 3.63) is 53.3 Å². The third-order valence-corrected chi connectivity index (χ3v) is 3.11. The van der Waals surface area contributed by atoms with Crippen LogP contribution in [-0.4, -0.2) is 17.9 Å². The summed E-state index contributed by atoms with van der Waals surface area (Å²) in [6.07, 6.45) is 1.49. The van der Waals surface area contributed by atoms with Crippen LogP contribution in [-0.2, 0) is 0 Å². The largest absolute Gasteiger partial charge is 0.323 e. The molecule has 0 saturated carbocycles. The van der Waals surface area contributed by atoms with Gasteiger partial charge in [-0.3, -0.25) is 15.6 Å². The van der Waals surface area contributed by atoms with Gasteiger partial charge in [-0.15, -0.1) is 0 Å². The van der Waals surface area contributed by atoms with E-state index in [2.05, 4.69) is 10.4 Å². The smallest absolute Gasteiger partial charge is 0.261 e. The number of benzene rings is 1. The maximum atomic E-state index is 12.5. The van der Waals surface area contributed by atoms with E-state index >= 15 is 0 Å². The number of carbonyl (C=O) groups excluding carboxylic acids is 1. The Balaban J connectivity index is 2.32. The highest BCUT2D eigenvalue weighted by Crippen LogP contribution is 2.20. The number of pyridine rings is 1. The van der Waals surface area contributed by atoms with Gasteiger partial charge in [0.15, 0.2) is 0 Å². The summed E-state index contributed by atoms with van der Waals surface area (Å²) in [6.45, 7) is 1.82. The minimum Gasteiger partial charge on any atom is -0.323 e. The molecule has 1 aromatic carbocycles. The summed E-state index contributed by atoms with van der Waals surface area (Å²) in [5.74, 6) is 5.21. The molecular weight excluding hydrogens is 266 g/mol. The van der Waals surface area contributed by atoms with E-state index in [9.17, 15) is 4.79 Å². The number of hydrazine groups is 1. The molecule has 0 aliphatic heterocycles. The van der Waals surface area contributed by atoms with Crippen LogP contribution in [0.1, 0.15) is 21.6 Å². The minimum absolute atomic E-state index is 0.236. The van der Waals surface area contributed by atoms with Crippen LogP contribution in [0.15, 0.2) is 36.5 Å². The van der Waals surface area contributed by atoms with E-state index in [0.29, 0.717) is 22.5 Å². The van der Waals surface area contributed by atoms with Crippen LogP contribution in [0.3, 0.4) is 0 Å². The van der Waals surface area contributed by atoms with E-state index in [1.54, 1.807) is 37.4 Å². The molecule has 3 N–H and O–H groups in total. The van der Waals surface area contributed by atoms with Crippen molar-refractivity contribution in [1.29, 1.82) is 5.26 Å². The summed E-state index contributed by atoms with van der Waals surface area (Å²) < 4.78 is 0. The molecule has 6 nitrogen and oxygen atoms in total. The maximum Gasteiger partial charge on any atom is 0.261 e. The Morgan fingerprint density at radius 2 is 2.05 bits per heavy atom. The summed E-state index contributed by atoms with van der Waals surface area (Å²) in [4.78, 5) is 18.1. The molecule has 0 fully saturated rings. The molecule has 21 heavy (non-hydrogen) atoms. The van der Waals surface area contributed by atoms with Crippen LogP contribution in [0.5, 0.6) is 0 Å². The number of hydrogen-bond donors (Lipinski definition) is 2. The van der Waals surface area contributed by atoms with Gasteiger partial charge in [0.05, 0.1) is 22.9 Å². The van der Waals surface area contributed by atoms with Crippen LogP contribution in [0.4, 0.5) is 11.4 Å². The lowest BCUT2D eigenvalue weighted by atomic mass is 10.1. The number of hydrogen-bond acceptors (Lipinski definition) is 5. The fraction of sp³-hybridized carbons (Fsp3) is 0.133. The number of nitrogens with two attached hydrogens (primary N) is 1. The number of aromatic nitrogens is 1. The molecule has 0 bridgehead atoms. The lowest BCUT2D eigenvalue weighted by Gasteiger charge is -2.19. The Bertz CT molecular complexity index is 703. The fourth-order valence-corrected chi connectivity index (χ4v) is 1.91. The van der Waals surface area contributed by atoms with Crippen LogP contribution in [0, 0.1) is 18.3 Å². The third-order valence-electron chi connectivity index (χ3n) is 3.11. The Morgan fingerprint density at radius 3 is 2.62 bits per heavy atom. The molecule has 6 heteroatoms. The van der Waals surface area contributed by atoms with Gasteiger partial charge in [-0.05, 0) is 37.3 Å². The lowest BCUT2D eigenvalue weighted by Crippen LogP contribution is -2.28. The van der Waals surface area contributed by atoms with Crippen LogP contribution in [0.2, 0.25) is 0 Å². The maximum absolute atomic E-state index is 12.5. The summed E-state index contributed by atoms with van der Waals surface area (Å²) >= 11 is 0. The Hall–Kier alpha value is -2.91. The standard InChI is InChI=1S/C15H15N5O/c1-10-7-14(19-17)13(9-18-10)15(21)20(2)12-5-3-11(8-16)4-6-12/h3-7,9H,17H2,1-2H3,(H,18,19). The quantitative estimate of drug-likeness (QED) is 0.661. The Morgan fingerprint density at radius 1 is 1.38 bits per heavy atom. The van der Waals surface area contributed by atoms with Crippen molar-refractivity contribution < 1.29 is 4.79 Å². The second kappa shape index (κ2) is 6.03. The van der Waals surface area contributed by atoms with Crippen molar-refractivity contribution in [3.8, 4) is 6.07 Å². The van der Waals surface area contributed by atoms with Gasteiger partial charge >= 0.3 is 0 Å². The highest BCUT2D eigenvalue weighted by Gasteiger charge is 2.17. The predicted octanol–water partition coefficient (Wildman–Crippen LogP) is 1.82. The fourth-order valence-electron chi connectivity index (χ4n) is 1.91. The van der Waals surface area contributed by atoms with Crippen molar-refractivity contribution in [1.82, 2.24) is 4.98 Å². The van der Waals surface area contributed by atoms with Gasteiger partial charge in [-0.1, -0.05) is 0 Å². The first-order valence-electron chi connectivity index (χ1n) is 6.28. The van der Waals surface area contributed by atoms with Crippen molar-refractivity contribution in [2.45, 2.75) is 6.92 Å². The van der Waals surface area contributed by atoms with E-state index in [1.165, 1.54) is 11.1 Å². The van der Waals surface area contributed by atoms with Crippen molar-refractivity contribution in [2.75, 3.05) is 17.4 Å². The first-order valence-corrected chi connectivity index (χ1v) is 6.28. The molecule has 0 aliphatic carbocycles. The number of anilines is 2. The highest BCUT2D eigenvalue weighted by molar-refractivity contribution is 6.09. The molecule has 106 valence electrons. The number of nitrogens with zero attached hydrogens (tertiary/aromatic N) is 3. The molecular formula is C15H15N5O. The molecule has 0 atom stereocenters. The summed E-state index contributed by atoms with van der Waals surface area (Å²) in [5, 5.41) is 8.79. The number of nitriles is 1. The number of nitrogen functional groups attached to an aromatic ring is 1. The topological polar surface area (TPSA) is 95.0 Å². The first kappa shape index (κ1) is 14.5. The molecule has 1 heterocycles. The SMILES string of the molecule is Cc1cc(NN)c(C(=O)N(C)c2ccc(C#N)cc2)cn1. The average Bonchev–Trinajstić information content (AvgIpc) is 2.53. The number of aryl methyl sites for hydroxylation is 1. The second-order valence-corrected chi connectivity index (χ2v) is 4.54. The first-order chi connectivity index (χ1) is 10.1. The number of amides is 1. The van der Waals surface area contributed by atoms with E-state index < -0.39 is 0 Å². The van der Waals surface area contributed by atoms with Crippen molar-refractivity contribution in [2.24, 2.45) is 5.84 Å². The van der Waals surface area contributed by atoms with Gasteiger partial charge in [0.2, 0.25) is 0 Å². The molecule has 1 aromatic heterocycles. The highest BCUT2D eigenvalue weighted by atomic mass is 16.2. The summed E-state index contributed by atoms with van der Waals surface area (Å²) in [5.41, 5.74) is 5.41. The normalized spacial score (nSPS) is 9.81. The number of rotatable bonds is 3. The van der Waals surface area contributed by atoms with Gasteiger partial charge in [0, 0.05) is 24.6 Å². The van der Waals surface area contributed by atoms with Crippen LogP contribution >= 0.6 is 0 Å². The predicted molar refractivity (Wildman–Crippen MR) is 80.7 cm³/mol. The van der Waals surface area contributed by atoms with Gasteiger partial charge in [-0.25, -0.2) is 0 Å². The zero-order chi connectivity index (χ0) is 15.4. The van der Waals surface area contributed by atoms with Crippen LogP contribution in [0.25, 0.3) is 0 Å². The number of nitrogens with one attached hydrogen (secondary N) is 1. The van der Waals surface area contributed by atoms with Crippen molar-refractivity contribution >= 4 is 17.3 Å². The summed E-state index contributed by atoms with van der Waals surface area (Å²) in [7, 11) is 1.66. The minimum atomic E-state index is -0.236. The van der Waals surface area contributed by atoms with Crippen molar-refractivity contribution in [3.63, 3.8) is 0 Å². The molecule has 0 saturated heterocycles. The second-order valence-electron chi connectivity index (χ2n) is 4.54. The Kier molecular flexibility index (Phi) is 4.16. The zero-order valence-corrected chi connectivity index (χ0v) is 11.8. The monoisotopic (exact) mass is 281 g/mol. The summed E-state index contributed by atoms with van der Waals surface area (Å²) in [6, 6.07) is 10.5. The molecule has 2 aromatic rings. The van der Waals surface area contributed by atoms with Gasteiger partial charge in [-0.2, -0.15) is 5.26 Å².